The molecule has 18 heavy (non-hydrogen) atoms. The van der Waals surface area contributed by atoms with Gasteiger partial charge in [0.2, 0.25) is 0 Å². The maximum absolute atomic E-state index is 10.7. The second kappa shape index (κ2) is 9.93. The van der Waals surface area contributed by atoms with Crippen LogP contribution >= 0.6 is 0 Å². The van der Waals surface area contributed by atoms with Crippen molar-refractivity contribution in [2.45, 2.75) is 52.9 Å². The van der Waals surface area contributed by atoms with Gasteiger partial charge in [0.15, 0.2) is 0 Å². The van der Waals surface area contributed by atoms with Gasteiger partial charge < -0.3 is 4.74 Å². The van der Waals surface area contributed by atoms with E-state index in [2.05, 4.69) is 27.0 Å². The van der Waals surface area contributed by atoms with Gasteiger partial charge in [0.25, 0.3) is 0 Å². The summed E-state index contributed by atoms with van der Waals surface area (Å²) in [5.74, 6) is 1.00. The Bertz CT molecular complexity index is 268. The lowest BCUT2D eigenvalue weighted by atomic mass is 9.88. The summed E-state index contributed by atoms with van der Waals surface area (Å²) in [6.45, 7) is 14.2. The normalized spacial score (nSPS) is 13.7. The van der Waals surface area contributed by atoms with Crippen molar-refractivity contribution in [3.63, 3.8) is 0 Å². The van der Waals surface area contributed by atoms with Crippen LogP contribution in [-0.4, -0.2) is 12.6 Å². The highest BCUT2D eigenvalue weighted by molar-refractivity contribution is 5.65. The Hall–Kier alpha value is -1.05. The number of hydrogen-bond acceptors (Lipinski definition) is 2. The molecule has 0 saturated heterocycles. The van der Waals surface area contributed by atoms with Gasteiger partial charge in [-0.2, -0.15) is 0 Å². The van der Waals surface area contributed by atoms with Crippen molar-refractivity contribution in [1.29, 1.82) is 0 Å². The first-order valence-corrected chi connectivity index (χ1v) is 6.87. The third-order valence-electron chi connectivity index (χ3n) is 3.34. The minimum absolute atomic E-state index is 0.187. The zero-order chi connectivity index (χ0) is 14.0. The highest BCUT2D eigenvalue weighted by Crippen LogP contribution is 2.24. The van der Waals surface area contributed by atoms with E-state index in [1.165, 1.54) is 18.9 Å². The highest BCUT2D eigenvalue weighted by Gasteiger charge is 2.11. The van der Waals surface area contributed by atoms with Gasteiger partial charge in [0.05, 0.1) is 6.61 Å². The van der Waals surface area contributed by atoms with E-state index in [1.807, 2.05) is 6.08 Å². The number of carbonyl (C=O) groups is 1. The van der Waals surface area contributed by atoms with Gasteiger partial charge >= 0.3 is 5.97 Å². The molecule has 0 amide bonds. The number of rotatable bonds is 10. The summed E-state index contributed by atoms with van der Waals surface area (Å²) in [7, 11) is 0. The first-order valence-electron chi connectivity index (χ1n) is 6.87. The standard InChI is InChI=1S/C16H28O2/c1-6-7-8-16(13(2)3)10-9-14(4)11-12-18-15(5)17/h6,14,16H,1-2,7-12H2,3-5H3/t14?,16-/m1/s1. The quantitative estimate of drug-likeness (QED) is 0.422. The van der Waals surface area contributed by atoms with E-state index >= 15 is 0 Å². The van der Waals surface area contributed by atoms with Gasteiger partial charge in [-0.15, -0.1) is 6.58 Å². The maximum Gasteiger partial charge on any atom is 0.302 e. The van der Waals surface area contributed by atoms with Crippen molar-refractivity contribution in [1.82, 2.24) is 0 Å². The predicted molar refractivity (Wildman–Crippen MR) is 77.4 cm³/mol. The van der Waals surface area contributed by atoms with Gasteiger partial charge in [0, 0.05) is 6.92 Å². The Kier molecular flexibility index (Phi) is 9.35. The van der Waals surface area contributed by atoms with Crippen LogP contribution in [0.4, 0.5) is 0 Å². The molecule has 0 rings (SSSR count). The van der Waals surface area contributed by atoms with Crippen LogP contribution in [0.25, 0.3) is 0 Å². The molecule has 0 saturated carbocycles. The minimum Gasteiger partial charge on any atom is -0.466 e. The van der Waals surface area contributed by atoms with Crippen molar-refractivity contribution in [2.75, 3.05) is 6.61 Å². The summed E-state index contributed by atoms with van der Waals surface area (Å²) in [5, 5.41) is 0. The topological polar surface area (TPSA) is 26.3 Å². The fourth-order valence-corrected chi connectivity index (χ4v) is 1.99. The molecule has 0 aromatic rings. The third-order valence-corrected chi connectivity index (χ3v) is 3.34. The minimum atomic E-state index is -0.187. The first kappa shape index (κ1) is 16.9. The van der Waals surface area contributed by atoms with Crippen molar-refractivity contribution in [2.24, 2.45) is 11.8 Å². The van der Waals surface area contributed by atoms with E-state index < -0.39 is 0 Å². The molecule has 0 heterocycles. The van der Waals surface area contributed by atoms with Crippen LogP contribution in [0.2, 0.25) is 0 Å². The zero-order valence-corrected chi connectivity index (χ0v) is 12.2. The largest absolute Gasteiger partial charge is 0.466 e. The first-order chi connectivity index (χ1) is 8.47. The lowest BCUT2D eigenvalue weighted by Crippen LogP contribution is -2.08. The molecule has 0 aliphatic rings. The van der Waals surface area contributed by atoms with Gasteiger partial charge in [-0.3, -0.25) is 4.79 Å². The van der Waals surface area contributed by atoms with Gasteiger partial charge in [-0.25, -0.2) is 0 Å². The third kappa shape index (κ3) is 9.03. The highest BCUT2D eigenvalue weighted by atomic mass is 16.5. The average Bonchev–Trinajstić information content (AvgIpc) is 2.28. The fraction of sp³-hybridized carbons (Fsp3) is 0.688. The van der Waals surface area contributed by atoms with E-state index in [1.54, 1.807) is 0 Å². The summed E-state index contributed by atoms with van der Waals surface area (Å²) in [6, 6.07) is 0. The number of allylic oxidation sites excluding steroid dienone is 2. The molecule has 0 fully saturated rings. The second-order valence-corrected chi connectivity index (χ2v) is 5.22. The lowest BCUT2D eigenvalue weighted by Gasteiger charge is -2.19. The molecule has 0 aliphatic carbocycles. The molecule has 0 aliphatic heterocycles. The molecule has 0 N–H and O–H groups in total. The van der Waals surface area contributed by atoms with E-state index in [0.717, 1.165) is 25.7 Å². The second-order valence-electron chi connectivity index (χ2n) is 5.22. The summed E-state index contributed by atoms with van der Waals surface area (Å²) in [6.07, 6.45) is 7.46. The molecule has 2 heteroatoms. The molecule has 2 atom stereocenters. The van der Waals surface area contributed by atoms with Gasteiger partial charge in [-0.1, -0.05) is 31.6 Å². The Balaban J connectivity index is 3.84. The molecular formula is C16H28O2. The van der Waals surface area contributed by atoms with Crippen LogP contribution in [0.15, 0.2) is 24.8 Å². The van der Waals surface area contributed by atoms with Crippen LogP contribution in [0.1, 0.15) is 52.9 Å². The van der Waals surface area contributed by atoms with E-state index in [9.17, 15) is 4.79 Å². The molecule has 0 aromatic carbocycles. The van der Waals surface area contributed by atoms with Crippen molar-refractivity contribution in [3.05, 3.63) is 24.8 Å². The number of carbonyl (C=O) groups excluding carboxylic acids is 1. The molecule has 0 spiro atoms. The fourth-order valence-electron chi connectivity index (χ4n) is 1.99. The van der Waals surface area contributed by atoms with Gasteiger partial charge in [0.1, 0.15) is 0 Å². The SMILES string of the molecule is C=CCC[C@H](CCC(C)CCOC(C)=O)C(=C)C. The summed E-state index contributed by atoms with van der Waals surface area (Å²) in [4.78, 5) is 10.7. The Morgan fingerprint density at radius 1 is 1.22 bits per heavy atom. The Morgan fingerprint density at radius 2 is 1.89 bits per heavy atom. The van der Waals surface area contributed by atoms with E-state index in [0.29, 0.717) is 18.4 Å². The van der Waals surface area contributed by atoms with Crippen LogP contribution in [0, 0.1) is 11.8 Å². The summed E-state index contributed by atoms with van der Waals surface area (Å²) < 4.78 is 4.96. The molecule has 1 unspecified atom stereocenters. The molecular weight excluding hydrogens is 224 g/mol. The number of ether oxygens (including phenoxy) is 1. The van der Waals surface area contributed by atoms with E-state index in [4.69, 9.17) is 4.74 Å². The number of esters is 1. The van der Waals surface area contributed by atoms with Crippen molar-refractivity contribution < 1.29 is 9.53 Å². The summed E-state index contributed by atoms with van der Waals surface area (Å²) in [5.41, 5.74) is 1.27. The van der Waals surface area contributed by atoms with E-state index in [-0.39, 0.29) is 5.97 Å². The molecule has 2 nitrogen and oxygen atoms in total. The molecule has 0 bridgehead atoms. The van der Waals surface area contributed by atoms with Crippen LogP contribution in [-0.2, 0) is 9.53 Å². The molecule has 104 valence electrons. The predicted octanol–water partition coefficient (Wildman–Crippen LogP) is 4.51. The van der Waals surface area contributed by atoms with Crippen LogP contribution in [0.5, 0.6) is 0 Å². The Morgan fingerprint density at radius 3 is 2.39 bits per heavy atom. The smallest absolute Gasteiger partial charge is 0.302 e. The number of hydrogen-bond donors (Lipinski definition) is 0. The zero-order valence-electron chi connectivity index (χ0n) is 12.2. The molecule has 0 radical (unpaired) electrons. The van der Waals surface area contributed by atoms with Crippen LogP contribution in [0.3, 0.4) is 0 Å². The van der Waals surface area contributed by atoms with Crippen molar-refractivity contribution >= 4 is 5.97 Å². The van der Waals surface area contributed by atoms with Gasteiger partial charge in [-0.05, 0) is 44.4 Å². The lowest BCUT2D eigenvalue weighted by molar-refractivity contribution is -0.141. The molecule has 0 aromatic heterocycles. The maximum atomic E-state index is 10.7. The van der Waals surface area contributed by atoms with Crippen molar-refractivity contribution in [3.8, 4) is 0 Å². The monoisotopic (exact) mass is 252 g/mol. The Labute approximate surface area is 112 Å². The van der Waals surface area contributed by atoms with Crippen LogP contribution < -0.4 is 0 Å². The summed E-state index contributed by atoms with van der Waals surface area (Å²) >= 11 is 0. The average molecular weight is 252 g/mol.